The Morgan fingerprint density at radius 3 is 2.50 bits per heavy atom. The third-order valence-electron chi connectivity index (χ3n) is 7.31. The molecule has 1 fully saturated rings. The highest BCUT2D eigenvalue weighted by molar-refractivity contribution is 5.93. The normalized spacial score (nSPS) is 19.2. The van der Waals surface area contributed by atoms with Crippen LogP contribution in [0.25, 0.3) is 10.9 Å². The summed E-state index contributed by atoms with van der Waals surface area (Å²) in [6, 6.07) is 17.0. The monoisotopic (exact) mass is 488 g/mol. The van der Waals surface area contributed by atoms with Crippen molar-refractivity contribution in [1.82, 2.24) is 15.2 Å². The van der Waals surface area contributed by atoms with Gasteiger partial charge in [0, 0.05) is 36.6 Å². The van der Waals surface area contributed by atoms with Crippen LogP contribution in [0.4, 0.5) is 0 Å². The van der Waals surface area contributed by atoms with Crippen LogP contribution in [0.3, 0.4) is 0 Å². The first-order valence-corrected chi connectivity index (χ1v) is 12.6. The number of amides is 2. The van der Waals surface area contributed by atoms with Gasteiger partial charge in [0.1, 0.15) is 11.8 Å². The summed E-state index contributed by atoms with van der Waals surface area (Å²) in [6.07, 6.45) is 4.26. The largest absolute Gasteiger partial charge is 0.361 e. The standard InChI is InChI=1S/C29H36N4O3/c1-20(34)29(17-21-10-5-4-6-11-21)14-9-15-33(19-29)26(35)25(32-27(36)28(2,3)30)16-22-18-31-24-13-8-7-12-23(22)24/h4-8,10-13,18,25,31H,9,14-17,19,30H2,1-3H3,(H,32,36)/t25-,29-/m1/s1. The summed E-state index contributed by atoms with van der Waals surface area (Å²) in [7, 11) is 0. The first-order chi connectivity index (χ1) is 17.1. The number of benzene rings is 2. The Bertz CT molecular complexity index is 1240. The van der Waals surface area contributed by atoms with E-state index < -0.39 is 17.0 Å². The number of nitrogens with two attached hydrogens (primary N) is 1. The van der Waals surface area contributed by atoms with Crippen molar-refractivity contribution >= 4 is 28.5 Å². The lowest BCUT2D eigenvalue weighted by molar-refractivity contribution is -0.143. The maximum atomic E-state index is 13.9. The molecule has 36 heavy (non-hydrogen) atoms. The summed E-state index contributed by atoms with van der Waals surface area (Å²) in [5.74, 6) is -0.486. The average molecular weight is 489 g/mol. The van der Waals surface area contributed by atoms with Crippen molar-refractivity contribution < 1.29 is 14.4 Å². The number of fused-ring (bicyclic) bond motifs is 1. The van der Waals surface area contributed by atoms with Gasteiger partial charge in [0.15, 0.2) is 0 Å². The van der Waals surface area contributed by atoms with E-state index in [0.717, 1.165) is 34.9 Å². The molecule has 190 valence electrons. The van der Waals surface area contributed by atoms with Crippen LogP contribution in [0.15, 0.2) is 60.8 Å². The number of H-pyrrole nitrogens is 1. The third kappa shape index (κ3) is 5.51. The molecule has 2 heterocycles. The maximum absolute atomic E-state index is 13.9. The number of carbonyl (C=O) groups excluding carboxylic acids is 3. The summed E-state index contributed by atoms with van der Waals surface area (Å²) in [6.45, 7) is 5.75. The van der Waals surface area contributed by atoms with Crippen molar-refractivity contribution in [3.63, 3.8) is 0 Å². The van der Waals surface area contributed by atoms with E-state index in [0.29, 0.717) is 25.9 Å². The number of aromatic nitrogens is 1. The summed E-state index contributed by atoms with van der Waals surface area (Å²) < 4.78 is 0. The van der Waals surface area contributed by atoms with Crippen LogP contribution in [-0.2, 0) is 27.2 Å². The van der Waals surface area contributed by atoms with Crippen molar-refractivity contribution in [3.05, 3.63) is 71.9 Å². The Morgan fingerprint density at radius 2 is 1.81 bits per heavy atom. The Balaban J connectivity index is 1.61. The van der Waals surface area contributed by atoms with Crippen LogP contribution in [-0.4, -0.2) is 52.2 Å². The van der Waals surface area contributed by atoms with E-state index in [2.05, 4.69) is 10.3 Å². The fourth-order valence-electron chi connectivity index (χ4n) is 5.15. The number of Topliss-reactive ketones (excluding diaryl/α,β-unsaturated/α-hetero) is 1. The van der Waals surface area contributed by atoms with Crippen molar-refractivity contribution in [1.29, 1.82) is 0 Å². The number of piperidine rings is 1. The Kier molecular flexibility index (Phi) is 7.31. The van der Waals surface area contributed by atoms with E-state index >= 15 is 0 Å². The van der Waals surface area contributed by atoms with Gasteiger partial charge in [-0.15, -0.1) is 0 Å². The molecule has 2 aromatic carbocycles. The molecule has 3 aromatic rings. The maximum Gasteiger partial charge on any atom is 0.245 e. The van der Waals surface area contributed by atoms with Crippen LogP contribution >= 0.6 is 0 Å². The quantitative estimate of drug-likeness (QED) is 0.452. The summed E-state index contributed by atoms with van der Waals surface area (Å²) in [5.41, 5.74) is 7.28. The van der Waals surface area contributed by atoms with Gasteiger partial charge in [-0.25, -0.2) is 0 Å². The molecule has 1 aliphatic rings. The number of para-hydroxylation sites is 1. The number of aromatic amines is 1. The molecule has 0 radical (unpaired) electrons. The van der Waals surface area contributed by atoms with Gasteiger partial charge in [0.25, 0.3) is 0 Å². The number of carbonyl (C=O) groups is 3. The van der Waals surface area contributed by atoms with Gasteiger partial charge >= 0.3 is 0 Å². The first kappa shape index (κ1) is 25.6. The van der Waals surface area contributed by atoms with Gasteiger partial charge in [0.05, 0.1) is 11.0 Å². The van der Waals surface area contributed by atoms with E-state index in [-0.39, 0.29) is 17.6 Å². The number of ketones is 1. The Labute approximate surface area is 212 Å². The highest BCUT2D eigenvalue weighted by atomic mass is 16.2. The number of hydrogen-bond acceptors (Lipinski definition) is 4. The minimum Gasteiger partial charge on any atom is -0.361 e. The lowest BCUT2D eigenvalue weighted by atomic mass is 9.72. The molecule has 0 saturated carbocycles. The molecule has 4 rings (SSSR count). The molecule has 1 saturated heterocycles. The second-order valence-electron chi connectivity index (χ2n) is 10.7. The lowest BCUT2D eigenvalue weighted by Gasteiger charge is -2.42. The van der Waals surface area contributed by atoms with Gasteiger partial charge in [-0.05, 0) is 57.2 Å². The lowest BCUT2D eigenvalue weighted by Crippen LogP contribution is -2.59. The van der Waals surface area contributed by atoms with Crippen molar-refractivity contribution in [2.75, 3.05) is 13.1 Å². The van der Waals surface area contributed by atoms with Crippen molar-refractivity contribution in [2.45, 2.75) is 58.0 Å². The summed E-state index contributed by atoms with van der Waals surface area (Å²) >= 11 is 0. The molecule has 4 N–H and O–H groups in total. The number of likely N-dealkylation sites (tertiary alicyclic amines) is 1. The molecule has 2 amide bonds. The second-order valence-corrected chi connectivity index (χ2v) is 10.7. The fraction of sp³-hybridized carbons (Fsp3) is 0.414. The predicted octanol–water partition coefficient (Wildman–Crippen LogP) is 3.37. The van der Waals surface area contributed by atoms with E-state index in [1.165, 1.54) is 0 Å². The smallest absolute Gasteiger partial charge is 0.245 e. The molecule has 0 spiro atoms. The molecular formula is C29H36N4O3. The molecule has 7 nitrogen and oxygen atoms in total. The van der Waals surface area contributed by atoms with Gasteiger partial charge in [0.2, 0.25) is 11.8 Å². The molecular weight excluding hydrogens is 452 g/mol. The van der Waals surface area contributed by atoms with Gasteiger partial charge in [-0.1, -0.05) is 48.5 Å². The Hall–Kier alpha value is -3.45. The van der Waals surface area contributed by atoms with E-state index in [1.54, 1.807) is 25.7 Å². The van der Waals surface area contributed by atoms with E-state index in [4.69, 9.17) is 5.73 Å². The summed E-state index contributed by atoms with van der Waals surface area (Å²) in [5, 5.41) is 3.92. The number of nitrogens with zero attached hydrogens (tertiary/aromatic N) is 1. The van der Waals surface area contributed by atoms with Crippen molar-refractivity contribution in [3.8, 4) is 0 Å². The molecule has 2 atom stereocenters. The molecule has 0 aliphatic carbocycles. The SMILES string of the molecule is CC(=O)[C@@]1(Cc2ccccc2)CCCN(C(=O)[C@@H](Cc2c[nH]c3ccccc23)NC(=O)C(C)(C)N)C1. The fourth-order valence-corrected chi connectivity index (χ4v) is 5.15. The molecule has 1 aromatic heterocycles. The van der Waals surface area contributed by atoms with Crippen LogP contribution < -0.4 is 11.1 Å². The topological polar surface area (TPSA) is 108 Å². The molecule has 0 unspecified atom stereocenters. The van der Waals surface area contributed by atoms with E-state index in [1.807, 2.05) is 60.8 Å². The minimum atomic E-state index is -1.13. The summed E-state index contributed by atoms with van der Waals surface area (Å²) in [4.78, 5) is 44.7. The van der Waals surface area contributed by atoms with Crippen LogP contribution in [0, 0.1) is 5.41 Å². The Morgan fingerprint density at radius 1 is 1.11 bits per heavy atom. The van der Waals surface area contributed by atoms with Gasteiger partial charge < -0.3 is 20.9 Å². The molecule has 0 bridgehead atoms. The number of hydrogen-bond donors (Lipinski definition) is 3. The zero-order chi connectivity index (χ0) is 25.9. The average Bonchev–Trinajstić information content (AvgIpc) is 3.26. The van der Waals surface area contributed by atoms with Gasteiger partial charge in [-0.2, -0.15) is 0 Å². The second kappa shape index (κ2) is 10.3. The molecule has 7 heteroatoms. The highest BCUT2D eigenvalue weighted by Crippen LogP contribution is 2.35. The number of rotatable bonds is 8. The minimum absolute atomic E-state index is 0.0872. The predicted molar refractivity (Wildman–Crippen MR) is 141 cm³/mol. The van der Waals surface area contributed by atoms with Crippen molar-refractivity contribution in [2.24, 2.45) is 11.1 Å². The zero-order valence-electron chi connectivity index (χ0n) is 21.3. The van der Waals surface area contributed by atoms with Crippen LogP contribution in [0.5, 0.6) is 0 Å². The molecule has 1 aliphatic heterocycles. The first-order valence-electron chi connectivity index (χ1n) is 12.6. The van der Waals surface area contributed by atoms with Crippen LogP contribution in [0.2, 0.25) is 0 Å². The zero-order valence-corrected chi connectivity index (χ0v) is 21.3. The van der Waals surface area contributed by atoms with Gasteiger partial charge in [-0.3, -0.25) is 14.4 Å². The highest BCUT2D eigenvalue weighted by Gasteiger charge is 2.43. The third-order valence-corrected chi connectivity index (χ3v) is 7.31. The van der Waals surface area contributed by atoms with E-state index in [9.17, 15) is 14.4 Å². The van der Waals surface area contributed by atoms with Crippen LogP contribution in [0.1, 0.15) is 44.7 Å². The number of nitrogens with one attached hydrogen (secondary N) is 2.